The number of carbonyl (C=O) groups is 1. The molecule has 0 spiro atoms. The van der Waals surface area contributed by atoms with Gasteiger partial charge in [0.15, 0.2) is 0 Å². The molecular weight excluding hydrogens is 422 g/mol. The summed E-state index contributed by atoms with van der Waals surface area (Å²) in [4.78, 5) is 13.0. The first kappa shape index (κ1) is 22.6. The Morgan fingerprint density at radius 1 is 1.22 bits per heavy atom. The number of anilines is 1. The van der Waals surface area contributed by atoms with Crippen molar-refractivity contribution in [3.8, 4) is 0 Å². The number of fused-ring (bicyclic) bond motifs is 1. The van der Waals surface area contributed by atoms with Crippen molar-refractivity contribution in [1.82, 2.24) is 0 Å². The lowest BCUT2D eigenvalue weighted by Crippen LogP contribution is -2.34. The fourth-order valence-electron chi connectivity index (χ4n) is 4.66. The fourth-order valence-corrected chi connectivity index (χ4v) is 4.66. The van der Waals surface area contributed by atoms with E-state index in [9.17, 15) is 23.1 Å². The number of carboxylic acid groups (broad SMARTS) is 1. The highest BCUT2D eigenvalue weighted by molar-refractivity contribution is 5.70. The predicted octanol–water partition coefficient (Wildman–Crippen LogP) is 6.07. The third kappa shape index (κ3) is 4.09. The number of hydrogen-bond acceptors (Lipinski definition) is 2. The van der Waals surface area contributed by atoms with Gasteiger partial charge in [-0.25, -0.2) is 17.6 Å². The van der Waals surface area contributed by atoms with Crippen LogP contribution in [0.25, 0.3) is 0 Å². The Balaban J connectivity index is 1.58. The molecule has 3 nitrogen and oxygen atoms in total. The minimum Gasteiger partial charge on any atom is -0.481 e. The zero-order valence-corrected chi connectivity index (χ0v) is 18.0. The van der Waals surface area contributed by atoms with Crippen molar-refractivity contribution in [2.24, 2.45) is 11.8 Å². The van der Waals surface area contributed by atoms with E-state index >= 15 is 4.39 Å². The Bertz CT molecular complexity index is 1020. The number of nitrogens with zero attached hydrogens (tertiary/aromatic N) is 1. The van der Waals surface area contributed by atoms with E-state index in [1.165, 1.54) is 6.07 Å². The molecule has 0 aromatic heterocycles. The van der Waals surface area contributed by atoms with Crippen molar-refractivity contribution in [2.75, 3.05) is 11.4 Å². The molecule has 0 radical (unpaired) electrons. The van der Waals surface area contributed by atoms with Gasteiger partial charge >= 0.3 is 5.97 Å². The standard InChI is InChI=1S/C25H27F4NO2/c1-2-15(24(31)32)12-16-6-7-17-14-30(11-10-20(17)23(16)27)22-13-19(8-9-21(22)26)25(28,29)18-4-3-5-18/h6-9,13,15,18H,2-5,10-12,14H2,1H3,(H,31,32). The smallest absolute Gasteiger partial charge is 0.306 e. The highest BCUT2D eigenvalue weighted by Crippen LogP contribution is 2.47. The van der Waals surface area contributed by atoms with E-state index in [0.717, 1.165) is 18.6 Å². The summed E-state index contributed by atoms with van der Waals surface area (Å²) in [6.07, 6.45) is 2.54. The highest BCUT2D eigenvalue weighted by Gasteiger charge is 2.44. The van der Waals surface area contributed by atoms with Crippen molar-refractivity contribution in [1.29, 1.82) is 0 Å². The highest BCUT2D eigenvalue weighted by atomic mass is 19.3. The number of alkyl halides is 2. The number of aliphatic carboxylic acids is 1. The lowest BCUT2D eigenvalue weighted by molar-refractivity contribution is -0.141. The molecule has 172 valence electrons. The molecule has 2 aromatic carbocycles. The average Bonchev–Trinajstić information content (AvgIpc) is 2.71. The summed E-state index contributed by atoms with van der Waals surface area (Å²) in [5, 5.41) is 9.27. The third-order valence-electron chi connectivity index (χ3n) is 7.01. The van der Waals surface area contributed by atoms with Crippen LogP contribution >= 0.6 is 0 Å². The Morgan fingerprint density at radius 3 is 2.59 bits per heavy atom. The molecule has 2 aromatic rings. The van der Waals surface area contributed by atoms with Gasteiger partial charge in [0.2, 0.25) is 0 Å². The first-order chi connectivity index (χ1) is 15.2. The molecule has 4 rings (SSSR count). The summed E-state index contributed by atoms with van der Waals surface area (Å²) >= 11 is 0. The largest absolute Gasteiger partial charge is 0.481 e. The molecule has 1 unspecified atom stereocenters. The van der Waals surface area contributed by atoms with Crippen molar-refractivity contribution in [3.63, 3.8) is 0 Å². The fraction of sp³-hybridized carbons (Fsp3) is 0.480. The lowest BCUT2D eigenvalue weighted by Gasteiger charge is -2.35. The van der Waals surface area contributed by atoms with Crippen molar-refractivity contribution >= 4 is 11.7 Å². The van der Waals surface area contributed by atoms with Gasteiger partial charge in [-0.1, -0.05) is 25.5 Å². The molecule has 1 heterocycles. The minimum atomic E-state index is -2.99. The topological polar surface area (TPSA) is 40.5 Å². The van der Waals surface area contributed by atoms with E-state index in [2.05, 4.69) is 0 Å². The Labute approximate surface area is 185 Å². The zero-order chi connectivity index (χ0) is 23.0. The van der Waals surface area contributed by atoms with Gasteiger partial charge in [-0.3, -0.25) is 4.79 Å². The first-order valence-electron chi connectivity index (χ1n) is 11.2. The van der Waals surface area contributed by atoms with Crippen LogP contribution in [0.1, 0.15) is 54.9 Å². The van der Waals surface area contributed by atoms with E-state index in [-0.39, 0.29) is 24.2 Å². The van der Waals surface area contributed by atoms with Crippen molar-refractivity contribution < 1.29 is 27.5 Å². The van der Waals surface area contributed by atoms with E-state index in [0.29, 0.717) is 48.9 Å². The lowest BCUT2D eigenvalue weighted by atomic mass is 9.78. The quantitative estimate of drug-likeness (QED) is 0.522. The van der Waals surface area contributed by atoms with Crippen LogP contribution in [0.3, 0.4) is 0 Å². The van der Waals surface area contributed by atoms with Crippen LogP contribution in [-0.2, 0) is 30.1 Å². The van der Waals surface area contributed by atoms with Gasteiger partial charge in [-0.05, 0) is 67.0 Å². The molecule has 1 saturated carbocycles. The maximum atomic E-state index is 15.1. The molecule has 0 amide bonds. The second-order valence-electron chi connectivity index (χ2n) is 8.91. The van der Waals surface area contributed by atoms with Crippen molar-refractivity contribution in [3.05, 3.63) is 64.2 Å². The van der Waals surface area contributed by atoms with Gasteiger partial charge in [-0.15, -0.1) is 0 Å². The molecule has 7 heteroatoms. The average molecular weight is 449 g/mol. The maximum absolute atomic E-state index is 15.1. The molecule has 0 saturated heterocycles. The van der Waals surface area contributed by atoms with E-state index in [4.69, 9.17) is 0 Å². The Kier molecular flexibility index (Phi) is 6.19. The molecule has 1 aliphatic carbocycles. The predicted molar refractivity (Wildman–Crippen MR) is 114 cm³/mol. The molecule has 32 heavy (non-hydrogen) atoms. The minimum absolute atomic E-state index is 0.105. The van der Waals surface area contributed by atoms with Gasteiger partial charge in [0.1, 0.15) is 11.6 Å². The monoisotopic (exact) mass is 449 g/mol. The molecule has 0 bridgehead atoms. The number of halogens is 4. The molecule has 2 aliphatic rings. The van der Waals surface area contributed by atoms with Crippen LogP contribution in [-0.4, -0.2) is 17.6 Å². The van der Waals surface area contributed by atoms with Gasteiger partial charge in [0.25, 0.3) is 5.92 Å². The summed E-state index contributed by atoms with van der Waals surface area (Å²) < 4.78 is 59.2. The second-order valence-corrected chi connectivity index (χ2v) is 8.91. The van der Waals surface area contributed by atoms with Crippen molar-refractivity contribution in [2.45, 2.75) is 57.9 Å². The maximum Gasteiger partial charge on any atom is 0.306 e. The molecule has 1 fully saturated rings. The Morgan fingerprint density at radius 2 is 1.97 bits per heavy atom. The normalized spacial score (nSPS) is 17.6. The molecule has 1 aliphatic heterocycles. The van der Waals surface area contributed by atoms with Crippen LogP contribution in [0.2, 0.25) is 0 Å². The third-order valence-corrected chi connectivity index (χ3v) is 7.01. The number of carboxylic acids is 1. The number of hydrogen-bond donors (Lipinski definition) is 1. The molecule has 1 N–H and O–H groups in total. The van der Waals surface area contributed by atoms with Crippen LogP contribution < -0.4 is 4.90 Å². The summed E-state index contributed by atoms with van der Waals surface area (Å²) in [7, 11) is 0. The first-order valence-corrected chi connectivity index (χ1v) is 11.2. The molecular formula is C25H27F4NO2. The number of benzene rings is 2. The summed E-state index contributed by atoms with van der Waals surface area (Å²) in [6.45, 7) is 2.25. The summed E-state index contributed by atoms with van der Waals surface area (Å²) in [5.74, 6) is -6.29. The zero-order valence-electron chi connectivity index (χ0n) is 18.0. The SMILES string of the molecule is CCC(Cc1ccc2c(c1F)CCN(c1cc(C(F)(F)C3CCC3)ccc1F)C2)C(=O)O. The summed E-state index contributed by atoms with van der Waals surface area (Å²) in [5.41, 5.74) is 1.45. The van der Waals surface area contributed by atoms with E-state index < -0.39 is 35.4 Å². The van der Waals surface area contributed by atoms with Gasteiger partial charge in [-0.2, -0.15) is 0 Å². The van der Waals surface area contributed by atoms with Crippen LogP contribution in [0.15, 0.2) is 30.3 Å². The van der Waals surface area contributed by atoms with Crippen LogP contribution in [0.4, 0.5) is 23.2 Å². The Hall–Kier alpha value is -2.57. The second kappa shape index (κ2) is 8.75. The van der Waals surface area contributed by atoms with E-state index in [1.54, 1.807) is 24.0 Å². The van der Waals surface area contributed by atoms with Gasteiger partial charge < -0.3 is 10.0 Å². The molecule has 1 atom stereocenters. The van der Waals surface area contributed by atoms with Crippen LogP contribution in [0, 0.1) is 23.5 Å². The van der Waals surface area contributed by atoms with Gasteiger partial charge in [0, 0.05) is 24.6 Å². The van der Waals surface area contributed by atoms with Crippen LogP contribution in [0.5, 0.6) is 0 Å². The number of rotatable bonds is 7. The van der Waals surface area contributed by atoms with Gasteiger partial charge in [0.05, 0.1) is 11.6 Å². The summed E-state index contributed by atoms with van der Waals surface area (Å²) in [6, 6.07) is 6.81. The van der Waals surface area contributed by atoms with E-state index in [1.807, 2.05) is 0 Å².